The quantitative estimate of drug-likeness (QED) is 0.523. The third kappa shape index (κ3) is 4.52. The third-order valence-electron chi connectivity index (χ3n) is 1.18. The van der Waals surface area contributed by atoms with Crippen molar-refractivity contribution in [3.8, 4) is 0 Å². The fraction of sp³-hybridized carbons (Fsp3) is 0.400. The van der Waals surface area contributed by atoms with E-state index in [0.29, 0.717) is 0 Å². The van der Waals surface area contributed by atoms with Gasteiger partial charge in [0.15, 0.2) is 0 Å². The van der Waals surface area contributed by atoms with Crippen LogP contribution in [0.2, 0.25) is 0 Å². The van der Waals surface area contributed by atoms with Crippen molar-refractivity contribution in [3.63, 3.8) is 0 Å². The summed E-state index contributed by atoms with van der Waals surface area (Å²) in [4.78, 5) is 14.4. The summed E-state index contributed by atoms with van der Waals surface area (Å²) in [6, 6.07) is 0. The first kappa shape index (κ1) is 15.6. The molecule has 0 fully saturated rings. The number of amides is 1. The van der Waals surface area contributed by atoms with E-state index in [9.17, 15) is 13.2 Å². The number of aryl methyl sites for hydroxylation is 1. The van der Waals surface area contributed by atoms with Crippen LogP contribution in [0.5, 0.6) is 0 Å². The Labute approximate surface area is 134 Å². The molecule has 0 saturated carbocycles. The van der Waals surface area contributed by atoms with Crippen LogP contribution in [0.15, 0.2) is 9.33 Å². The second kappa shape index (κ2) is 5.77. The van der Waals surface area contributed by atoms with E-state index in [1.54, 1.807) is 0 Å². The molecular weight excluding hydrogens is 267 g/mol. The zero-order chi connectivity index (χ0) is 10.9. The molecule has 0 spiro atoms. The van der Waals surface area contributed by atoms with Gasteiger partial charge >= 0.3 is 51.4 Å². The van der Waals surface area contributed by atoms with Crippen molar-refractivity contribution in [2.45, 2.75) is 11.3 Å². The molecule has 15 heavy (non-hydrogen) atoms. The van der Waals surface area contributed by atoms with Crippen molar-refractivity contribution < 1.29 is 66.0 Å². The van der Waals surface area contributed by atoms with E-state index in [0.717, 1.165) is 11.3 Å². The zero-order valence-electron chi connectivity index (χ0n) is 9.46. The summed E-state index contributed by atoms with van der Waals surface area (Å²) in [6.45, 7) is 1.26. The molecule has 0 atom stereocenters. The maximum absolute atomic E-state index is 10.9. The Morgan fingerprint density at radius 2 is 2.20 bits per heavy atom. The Morgan fingerprint density at radius 3 is 2.53 bits per heavy atom. The third-order valence-corrected chi connectivity index (χ3v) is 3.49. The predicted molar refractivity (Wildman–Crippen MR) is 49.8 cm³/mol. The van der Waals surface area contributed by atoms with Gasteiger partial charge in [-0.3, -0.25) is 4.79 Å². The van der Waals surface area contributed by atoms with Crippen LogP contribution in [0.4, 0.5) is 0 Å². The van der Waals surface area contributed by atoms with Crippen molar-refractivity contribution in [2.24, 2.45) is 17.2 Å². The maximum Gasteiger partial charge on any atom is 1.00 e. The summed E-state index contributed by atoms with van der Waals surface area (Å²) in [5, 5.41) is 8.46. The molecule has 80 valence electrons. The second-order valence-electron chi connectivity index (χ2n) is 2.45. The first-order valence-corrected chi connectivity index (χ1v) is 5.79. The van der Waals surface area contributed by atoms with E-state index < -0.39 is 15.9 Å². The summed E-state index contributed by atoms with van der Waals surface area (Å²) >= 11 is 0.746. The molecule has 0 aliphatic heterocycles. The summed E-state index contributed by atoms with van der Waals surface area (Å²) in [7, 11) is -2.35. The average molecular weight is 276 g/mol. The summed E-state index contributed by atoms with van der Waals surface area (Å²) in [5.41, 5.74) is 0. The molecule has 7 nitrogen and oxygen atoms in total. The smallest absolute Gasteiger partial charge is 1.00 e. The monoisotopic (exact) mass is 276 g/mol. The number of nitrogens with two attached hydrogens (primary N) is 1. The van der Waals surface area contributed by atoms with Crippen molar-refractivity contribution in [1.82, 2.24) is 9.78 Å². The number of carbonyl (C=O) groups excluding carboxylic acids is 1. The number of primary sulfonamides is 1. The summed E-state index contributed by atoms with van der Waals surface area (Å²) < 4.78 is 22.7. The molecule has 0 aromatic carbocycles. The van der Waals surface area contributed by atoms with E-state index in [1.165, 1.54) is 18.7 Å². The van der Waals surface area contributed by atoms with Gasteiger partial charge in [-0.2, -0.15) is 4.99 Å². The van der Waals surface area contributed by atoms with Crippen molar-refractivity contribution >= 4 is 27.3 Å². The van der Waals surface area contributed by atoms with Crippen LogP contribution in [0.25, 0.3) is 0 Å². The number of rotatable bonds is 1. The van der Waals surface area contributed by atoms with Crippen molar-refractivity contribution in [2.75, 3.05) is 0 Å². The van der Waals surface area contributed by atoms with Crippen molar-refractivity contribution in [3.05, 3.63) is 4.80 Å². The van der Waals surface area contributed by atoms with Crippen LogP contribution >= 0.6 is 11.3 Å². The van der Waals surface area contributed by atoms with E-state index >= 15 is 0 Å². The van der Waals surface area contributed by atoms with Gasteiger partial charge in [-0.15, -0.1) is 5.10 Å². The molecule has 10 heteroatoms. The average Bonchev–Trinajstić information content (AvgIpc) is 2.30. The molecule has 0 saturated heterocycles. The van der Waals surface area contributed by atoms with E-state index in [-0.39, 0.29) is 62.0 Å². The first-order valence-electron chi connectivity index (χ1n) is 3.43. The van der Waals surface area contributed by atoms with Crippen LogP contribution in [0, 0.1) is 0 Å². The van der Waals surface area contributed by atoms with Gasteiger partial charge < -0.3 is 1.43 Å². The molecule has 1 amide bonds. The number of aromatic nitrogens is 2. The molecule has 1 aromatic rings. The van der Waals surface area contributed by atoms with Crippen molar-refractivity contribution in [1.29, 1.82) is 0 Å². The van der Waals surface area contributed by atoms with Gasteiger partial charge in [0.1, 0.15) is 0 Å². The minimum atomic E-state index is -3.83. The van der Waals surface area contributed by atoms with E-state index in [4.69, 9.17) is 5.14 Å². The molecule has 1 rings (SSSR count). The van der Waals surface area contributed by atoms with Gasteiger partial charge in [0, 0.05) is 14.0 Å². The largest absolute Gasteiger partial charge is 1.00 e. The Hall–Kier alpha value is 0.576. The van der Waals surface area contributed by atoms with Crippen LogP contribution in [-0.2, 0) is 21.9 Å². The molecule has 0 aliphatic rings. The fourth-order valence-electron chi connectivity index (χ4n) is 0.675. The summed E-state index contributed by atoms with van der Waals surface area (Å²) in [5.74, 6) is -0.426. The minimum Gasteiger partial charge on any atom is -1.00 e. The van der Waals surface area contributed by atoms with Gasteiger partial charge in [-0.05, 0) is 0 Å². The minimum absolute atomic E-state index is 0. The number of sulfonamides is 1. The molecule has 0 aliphatic carbocycles. The topological polar surface area (TPSA) is 107 Å². The van der Waals surface area contributed by atoms with Gasteiger partial charge in [0.05, 0.1) is 0 Å². The Morgan fingerprint density at radius 1 is 1.67 bits per heavy atom. The number of nitrogens with zero attached hydrogens (tertiary/aromatic N) is 3. The van der Waals surface area contributed by atoms with Crippen LogP contribution < -0.4 is 61.3 Å². The molecule has 1 heterocycles. The van der Waals surface area contributed by atoms with Crippen LogP contribution in [0.3, 0.4) is 0 Å². The Kier molecular flexibility index (Phi) is 5.99. The maximum atomic E-state index is 10.9. The second-order valence-corrected chi connectivity index (χ2v) is 5.14. The zero-order valence-corrected chi connectivity index (χ0v) is 13.2. The molecule has 0 radical (unpaired) electrons. The fourth-order valence-corrected chi connectivity index (χ4v) is 2.27. The molecular formula is C5H9KN4O3S2. The number of hydrogen-bond donors (Lipinski definition) is 1. The Bertz CT molecular complexity index is 534. The number of hydrogen-bond acceptors (Lipinski definition) is 5. The Balaban J connectivity index is 0. The number of carbonyl (C=O) groups is 1. The summed E-state index contributed by atoms with van der Waals surface area (Å²) in [6.07, 6.45) is 0. The molecule has 2 N–H and O–H groups in total. The van der Waals surface area contributed by atoms with Crippen LogP contribution in [-0.4, -0.2) is 24.1 Å². The molecule has 0 unspecified atom stereocenters. The van der Waals surface area contributed by atoms with E-state index in [2.05, 4.69) is 10.1 Å². The van der Waals surface area contributed by atoms with Crippen LogP contribution in [0.1, 0.15) is 8.35 Å². The van der Waals surface area contributed by atoms with Gasteiger partial charge in [-0.25, -0.2) is 18.2 Å². The first-order chi connectivity index (χ1) is 6.30. The van der Waals surface area contributed by atoms with Gasteiger partial charge in [-0.1, -0.05) is 11.3 Å². The van der Waals surface area contributed by atoms with E-state index in [1.807, 2.05) is 0 Å². The normalized spacial score (nSPS) is 12.3. The SMILES string of the molecule is CC(=O)N=c1sc(S(N)(=O)=O)nn1C.[H-].[K+]. The van der Waals surface area contributed by atoms with Gasteiger partial charge in [0.25, 0.3) is 10.0 Å². The predicted octanol–water partition coefficient (Wildman–Crippen LogP) is -4.31. The molecule has 1 aromatic heterocycles. The standard InChI is InChI=1S/C5H8N4O3S2.K.H/c1-3(10)7-4-9(2)8-5(13-4)14(6,11)12;;/h1-2H3,(H2,6,11,12);;/q;+1;-1. The molecule has 0 bridgehead atoms. The van der Waals surface area contributed by atoms with Gasteiger partial charge in [0.2, 0.25) is 15.0 Å².